The fourth-order valence-electron chi connectivity index (χ4n) is 5.43. The van der Waals surface area contributed by atoms with Crippen molar-refractivity contribution in [1.29, 1.82) is 0 Å². The summed E-state index contributed by atoms with van der Waals surface area (Å²) in [6, 6.07) is 14.4. The van der Waals surface area contributed by atoms with E-state index >= 15 is 0 Å². The van der Waals surface area contributed by atoms with Gasteiger partial charge in [0.15, 0.2) is 0 Å². The number of aryl methyl sites for hydroxylation is 2. The van der Waals surface area contributed by atoms with Crippen LogP contribution in [0.15, 0.2) is 54.9 Å². The van der Waals surface area contributed by atoms with Gasteiger partial charge in [-0.05, 0) is 56.7 Å². The van der Waals surface area contributed by atoms with Gasteiger partial charge in [-0.1, -0.05) is 50.2 Å². The minimum atomic E-state index is -2.64. The summed E-state index contributed by atoms with van der Waals surface area (Å²) in [4.78, 5) is 27.4. The summed E-state index contributed by atoms with van der Waals surface area (Å²) in [5.41, 5.74) is 3.88. The fraction of sp³-hybridized carbons (Fsp3) is 0.500. The number of nitrogens with zero attached hydrogens (tertiary/aromatic N) is 4. The lowest BCUT2D eigenvalue weighted by molar-refractivity contribution is -0.139. The highest BCUT2D eigenvalue weighted by Gasteiger charge is 2.47. The Kier molecular flexibility index (Phi) is 11.2. The highest BCUT2D eigenvalue weighted by Crippen LogP contribution is 2.40. The van der Waals surface area contributed by atoms with Gasteiger partial charge in [0.2, 0.25) is 0 Å². The van der Waals surface area contributed by atoms with E-state index in [2.05, 4.69) is 32.7 Å². The zero-order chi connectivity index (χ0) is 30.0. The topological polar surface area (TPSA) is 103 Å². The number of carboxylic acids is 1. The van der Waals surface area contributed by atoms with Gasteiger partial charge < -0.3 is 15.7 Å². The first-order valence-corrected chi connectivity index (χ1v) is 15.1. The summed E-state index contributed by atoms with van der Waals surface area (Å²) < 4.78 is 27.5. The monoisotopic (exact) mass is 580 g/mol. The number of hydrogen-bond acceptors (Lipinski definition) is 7. The third kappa shape index (κ3) is 8.67. The van der Waals surface area contributed by atoms with E-state index in [0.717, 1.165) is 55.7 Å². The first-order chi connectivity index (χ1) is 20.4. The minimum Gasteiger partial charge on any atom is -0.480 e. The molecule has 42 heavy (non-hydrogen) atoms. The molecule has 1 aliphatic carbocycles. The lowest BCUT2D eigenvalue weighted by Gasteiger charge is -2.43. The van der Waals surface area contributed by atoms with E-state index < -0.39 is 17.9 Å². The van der Waals surface area contributed by atoms with Crippen LogP contribution in [0.5, 0.6) is 0 Å². The predicted molar refractivity (Wildman–Crippen MR) is 162 cm³/mol. The van der Waals surface area contributed by atoms with Crippen LogP contribution in [0.1, 0.15) is 63.6 Å². The number of carboxylic acid groups (broad SMARTS) is 1. The summed E-state index contributed by atoms with van der Waals surface area (Å²) in [5, 5.41) is 16.3. The molecule has 3 aromatic rings. The molecule has 0 amide bonds. The number of aliphatic carboxylic acids is 1. The van der Waals surface area contributed by atoms with E-state index in [1.54, 1.807) is 6.07 Å². The number of aromatic nitrogens is 3. The van der Waals surface area contributed by atoms with E-state index in [4.69, 9.17) is 4.98 Å². The normalized spacial score (nSPS) is 16.3. The van der Waals surface area contributed by atoms with E-state index in [1.165, 1.54) is 11.9 Å². The molecule has 8 nitrogen and oxygen atoms in total. The highest BCUT2D eigenvalue weighted by molar-refractivity contribution is 5.77. The maximum Gasteiger partial charge on any atom is 0.326 e. The maximum atomic E-state index is 13.7. The molecule has 1 saturated carbocycles. The molecule has 3 heterocycles. The quantitative estimate of drug-likeness (QED) is 0.203. The zero-order valence-corrected chi connectivity index (χ0v) is 24.5. The third-order valence-corrected chi connectivity index (χ3v) is 7.73. The van der Waals surface area contributed by atoms with Crippen molar-refractivity contribution in [2.75, 3.05) is 30.3 Å². The molecule has 10 heteroatoms. The van der Waals surface area contributed by atoms with Gasteiger partial charge in [-0.2, -0.15) is 0 Å². The lowest BCUT2D eigenvalue weighted by Crippen LogP contribution is -2.52. The first kappa shape index (κ1) is 31.3. The Bertz CT molecular complexity index is 1290. The second kappa shape index (κ2) is 15.0. The molecule has 2 aliphatic rings. The van der Waals surface area contributed by atoms with Crippen molar-refractivity contribution in [3.63, 3.8) is 0 Å². The van der Waals surface area contributed by atoms with Gasteiger partial charge in [0, 0.05) is 49.3 Å². The summed E-state index contributed by atoms with van der Waals surface area (Å²) >= 11 is 0. The van der Waals surface area contributed by atoms with Crippen molar-refractivity contribution < 1.29 is 18.7 Å². The highest BCUT2D eigenvalue weighted by atomic mass is 19.3. The number of anilines is 2. The van der Waals surface area contributed by atoms with Crippen molar-refractivity contribution in [2.45, 2.75) is 83.2 Å². The van der Waals surface area contributed by atoms with Crippen LogP contribution in [-0.2, 0) is 17.6 Å². The Labute approximate surface area is 247 Å². The van der Waals surface area contributed by atoms with Crippen molar-refractivity contribution in [1.82, 2.24) is 19.9 Å². The number of halogens is 2. The second-order valence-corrected chi connectivity index (χ2v) is 10.7. The van der Waals surface area contributed by atoms with Gasteiger partial charge in [0.05, 0.1) is 5.69 Å². The van der Waals surface area contributed by atoms with Crippen LogP contribution in [0.4, 0.5) is 20.4 Å². The molecule has 0 bridgehead atoms. The molecule has 1 aromatic carbocycles. The van der Waals surface area contributed by atoms with Gasteiger partial charge in [-0.3, -0.25) is 4.90 Å². The van der Waals surface area contributed by atoms with Crippen LogP contribution in [0.2, 0.25) is 0 Å². The van der Waals surface area contributed by atoms with Crippen LogP contribution in [0.3, 0.4) is 0 Å². The fourth-order valence-corrected chi connectivity index (χ4v) is 5.43. The number of rotatable bonds is 13. The molecule has 226 valence electrons. The number of benzene rings is 1. The average Bonchev–Trinajstić information content (AvgIpc) is 3.00. The molecule has 2 aromatic heterocycles. The Morgan fingerprint density at radius 2 is 1.90 bits per heavy atom. The Morgan fingerprint density at radius 1 is 1.12 bits per heavy atom. The number of fused-ring (bicyclic) bond motifs is 1. The lowest BCUT2D eigenvalue weighted by atomic mass is 9.86. The summed E-state index contributed by atoms with van der Waals surface area (Å²) in [5.74, 6) is -2.25. The molecule has 0 radical (unpaired) electrons. The molecular formula is C32H42F2N6O2. The van der Waals surface area contributed by atoms with Crippen molar-refractivity contribution >= 4 is 17.6 Å². The number of hydrogen-bond donors (Lipinski definition) is 3. The van der Waals surface area contributed by atoms with E-state index in [9.17, 15) is 18.7 Å². The smallest absolute Gasteiger partial charge is 0.326 e. The number of carbonyl (C=O) groups is 1. The van der Waals surface area contributed by atoms with Crippen LogP contribution >= 0.6 is 0 Å². The van der Waals surface area contributed by atoms with Crippen LogP contribution in [-0.4, -0.2) is 68.6 Å². The summed E-state index contributed by atoms with van der Waals surface area (Å²) in [6.45, 7) is 5.99. The van der Waals surface area contributed by atoms with Crippen LogP contribution < -0.4 is 10.6 Å². The molecule has 1 fully saturated rings. The molecule has 3 N–H and O–H groups in total. The van der Waals surface area contributed by atoms with Crippen molar-refractivity contribution in [3.8, 4) is 11.3 Å². The number of nitrogens with one attached hydrogen (secondary N) is 2. The minimum absolute atomic E-state index is 0.178. The Balaban J connectivity index is 0.00000198. The number of alkyl halides is 2. The molecule has 0 saturated heterocycles. The van der Waals surface area contributed by atoms with Gasteiger partial charge in [0.25, 0.3) is 5.92 Å². The molecule has 0 spiro atoms. The van der Waals surface area contributed by atoms with Crippen LogP contribution in [0, 0.1) is 0 Å². The van der Waals surface area contributed by atoms with E-state index in [0.29, 0.717) is 24.6 Å². The first-order valence-electron chi connectivity index (χ1n) is 15.1. The molecular weight excluding hydrogens is 538 g/mol. The Morgan fingerprint density at radius 3 is 2.64 bits per heavy atom. The number of unbranched alkanes of at least 4 members (excludes halogenated alkanes) is 1. The predicted octanol–water partition coefficient (Wildman–Crippen LogP) is 6.30. The van der Waals surface area contributed by atoms with Crippen molar-refractivity contribution in [3.05, 3.63) is 66.1 Å². The Hall–Kier alpha value is -3.66. The summed E-state index contributed by atoms with van der Waals surface area (Å²) in [6.07, 6.45) is 6.01. The third-order valence-electron chi connectivity index (χ3n) is 7.73. The van der Waals surface area contributed by atoms with Crippen molar-refractivity contribution in [2.24, 2.45) is 0 Å². The van der Waals surface area contributed by atoms with Gasteiger partial charge in [0.1, 0.15) is 24.0 Å². The van der Waals surface area contributed by atoms with Crippen LogP contribution in [0.25, 0.3) is 11.3 Å². The van der Waals surface area contributed by atoms with E-state index in [1.807, 2.05) is 49.1 Å². The summed E-state index contributed by atoms with van der Waals surface area (Å²) in [7, 11) is 0. The van der Waals surface area contributed by atoms with E-state index in [-0.39, 0.29) is 25.3 Å². The molecule has 1 aliphatic heterocycles. The van der Waals surface area contributed by atoms with Gasteiger partial charge >= 0.3 is 5.97 Å². The molecule has 5 rings (SSSR count). The standard InChI is InChI=1S/C30H36F2N6O2.C2H6/c31-30(32)18-24(19-30)38(15-5-4-10-23-12-11-22-9-6-14-33-28(22)36-23)16-13-25(29(39)40)37-27-17-26(34-20-35-27)21-7-2-1-3-8-21;1-2/h1-3,7-8,11-12,17,20,24-25H,4-6,9-10,13-16,18-19H2,(H,33,36)(H,39,40)(H,34,35,37);1-2H3. The van der Waals surface area contributed by atoms with Gasteiger partial charge in [-0.25, -0.2) is 28.5 Å². The number of pyridine rings is 1. The zero-order valence-electron chi connectivity index (χ0n) is 24.5. The maximum absolute atomic E-state index is 13.7. The largest absolute Gasteiger partial charge is 0.480 e. The molecule has 1 unspecified atom stereocenters. The average molecular weight is 581 g/mol. The SMILES string of the molecule is CC.O=C(O)C(CCN(CCCCc1ccc2c(n1)NCCC2)C1CC(F)(F)C1)Nc1cc(-c2ccccc2)ncn1. The van der Waals surface area contributed by atoms with Gasteiger partial charge in [-0.15, -0.1) is 0 Å². The second-order valence-electron chi connectivity index (χ2n) is 10.7. The molecule has 1 atom stereocenters.